The van der Waals surface area contributed by atoms with Crippen molar-refractivity contribution in [3.63, 3.8) is 0 Å². The Bertz CT molecular complexity index is 1070. The van der Waals surface area contributed by atoms with Crippen LogP contribution in [0.4, 0.5) is 5.69 Å². The average Bonchev–Trinajstić information content (AvgIpc) is 3.13. The van der Waals surface area contributed by atoms with Gasteiger partial charge in [-0.15, -0.1) is 4.40 Å². The number of para-hydroxylation sites is 1. The number of nitrogens with zero attached hydrogens (tertiary/aromatic N) is 2. The van der Waals surface area contributed by atoms with Crippen molar-refractivity contribution in [1.29, 1.82) is 0 Å². The topological polar surface area (TPSA) is 150 Å². The van der Waals surface area contributed by atoms with Gasteiger partial charge in [-0.05, 0) is 30.2 Å². The summed E-state index contributed by atoms with van der Waals surface area (Å²) in [6.45, 7) is 5.98. The van der Waals surface area contributed by atoms with Crippen LogP contribution in [-0.2, 0) is 23.2 Å². The van der Waals surface area contributed by atoms with Crippen molar-refractivity contribution in [2.75, 3.05) is 19.4 Å². The van der Waals surface area contributed by atoms with E-state index in [0.29, 0.717) is 5.76 Å². The third-order valence-electron chi connectivity index (χ3n) is 4.02. The van der Waals surface area contributed by atoms with E-state index < -0.39 is 16.1 Å². The fraction of sp³-hybridized carbons (Fsp3) is 0.263. The molecule has 0 bridgehead atoms. The van der Waals surface area contributed by atoms with Gasteiger partial charge in [-0.2, -0.15) is 8.42 Å². The maximum absolute atomic E-state index is 12.2. The van der Waals surface area contributed by atoms with E-state index in [4.69, 9.17) is 9.56 Å². The van der Waals surface area contributed by atoms with Crippen LogP contribution in [0.2, 0.25) is 0 Å². The second kappa shape index (κ2) is 9.46. The SMILES string of the molecule is C=C(NCc1cc(CC)co1)C(=NS(N)(=O)=O)Nc1cccc(C(=O)N(C)C)c1O. The number of aryl methyl sites for hydroxylation is 1. The number of nitrogens with one attached hydrogen (secondary N) is 2. The summed E-state index contributed by atoms with van der Waals surface area (Å²) in [5.41, 5.74) is 1.18. The summed E-state index contributed by atoms with van der Waals surface area (Å²) in [6.07, 6.45) is 2.44. The first kappa shape index (κ1) is 23.0. The summed E-state index contributed by atoms with van der Waals surface area (Å²) in [6, 6.07) is 6.27. The van der Waals surface area contributed by atoms with E-state index in [1.54, 1.807) is 20.4 Å². The normalized spacial score (nSPS) is 11.8. The molecule has 0 saturated carbocycles. The van der Waals surface area contributed by atoms with Crippen LogP contribution < -0.4 is 15.8 Å². The number of phenols is 1. The zero-order valence-electron chi connectivity index (χ0n) is 17.0. The first-order valence-electron chi connectivity index (χ1n) is 8.94. The van der Waals surface area contributed by atoms with Crippen molar-refractivity contribution in [2.24, 2.45) is 9.54 Å². The molecule has 0 saturated heterocycles. The van der Waals surface area contributed by atoms with Crippen molar-refractivity contribution in [3.05, 3.63) is 59.7 Å². The van der Waals surface area contributed by atoms with Gasteiger partial charge >= 0.3 is 10.2 Å². The van der Waals surface area contributed by atoms with Gasteiger partial charge in [-0.1, -0.05) is 19.6 Å². The lowest BCUT2D eigenvalue weighted by atomic mass is 10.1. The quantitative estimate of drug-likeness (QED) is 0.279. The Balaban J connectivity index is 2.28. The van der Waals surface area contributed by atoms with Crippen molar-refractivity contribution in [2.45, 2.75) is 19.9 Å². The lowest BCUT2D eigenvalue weighted by molar-refractivity contribution is 0.0824. The molecule has 1 aromatic carbocycles. The fourth-order valence-electron chi connectivity index (χ4n) is 2.45. The van der Waals surface area contributed by atoms with Crippen molar-refractivity contribution in [3.8, 4) is 5.75 Å². The zero-order valence-corrected chi connectivity index (χ0v) is 17.8. The number of rotatable bonds is 8. The molecule has 2 aromatic rings. The monoisotopic (exact) mass is 435 g/mol. The molecule has 0 aliphatic rings. The molecular formula is C19H25N5O5S. The molecule has 0 aliphatic heterocycles. The Morgan fingerprint density at radius 2 is 2.07 bits per heavy atom. The molecule has 11 heteroatoms. The highest BCUT2D eigenvalue weighted by molar-refractivity contribution is 7.88. The van der Waals surface area contributed by atoms with Gasteiger partial charge < -0.3 is 25.1 Å². The molecule has 0 spiro atoms. The number of furan rings is 1. The number of nitrogens with two attached hydrogens (primary N) is 1. The van der Waals surface area contributed by atoms with E-state index in [2.05, 4.69) is 21.6 Å². The standard InChI is InChI=1S/C19H25N5O5S/c1-5-13-9-14(29-11-13)10-21-12(2)18(23-30(20,27)28)22-16-8-6-7-15(17(16)25)19(26)24(3)4/h6-9,11,21,25H,2,5,10H2,1,3-4H3,(H,22,23)(H2,20,27,28). The molecule has 2 rings (SSSR count). The lowest BCUT2D eigenvalue weighted by Gasteiger charge is -2.17. The predicted octanol–water partition coefficient (Wildman–Crippen LogP) is 1.57. The number of carbonyl (C=O) groups is 1. The van der Waals surface area contributed by atoms with Crippen LogP contribution in [0.25, 0.3) is 0 Å². The molecule has 0 radical (unpaired) electrons. The third kappa shape index (κ3) is 6.09. The van der Waals surface area contributed by atoms with Gasteiger partial charge in [0.2, 0.25) is 0 Å². The van der Waals surface area contributed by atoms with Crippen LogP contribution in [0.1, 0.15) is 28.6 Å². The van der Waals surface area contributed by atoms with Crippen molar-refractivity contribution < 1.29 is 22.7 Å². The minimum absolute atomic E-state index is 0.0289. The Kier molecular flexibility index (Phi) is 7.24. The molecule has 10 nitrogen and oxygen atoms in total. The molecule has 1 aromatic heterocycles. The van der Waals surface area contributed by atoms with E-state index in [0.717, 1.165) is 12.0 Å². The van der Waals surface area contributed by atoms with E-state index in [-0.39, 0.29) is 35.1 Å². The highest BCUT2D eigenvalue weighted by atomic mass is 32.2. The number of phenolic OH excluding ortho intramolecular Hbond substituents is 1. The molecule has 0 fully saturated rings. The molecule has 1 heterocycles. The van der Waals surface area contributed by atoms with Crippen LogP contribution in [-0.4, -0.2) is 44.3 Å². The van der Waals surface area contributed by atoms with Gasteiger partial charge in [0.05, 0.1) is 29.8 Å². The highest BCUT2D eigenvalue weighted by Gasteiger charge is 2.18. The second-order valence-electron chi connectivity index (χ2n) is 6.59. The number of aromatic hydroxyl groups is 1. The van der Waals surface area contributed by atoms with Crippen molar-refractivity contribution >= 4 is 27.6 Å². The van der Waals surface area contributed by atoms with Crippen LogP contribution in [0.5, 0.6) is 5.75 Å². The second-order valence-corrected chi connectivity index (χ2v) is 7.80. The maximum Gasteiger partial charge on any atom is 0.319 e. The van der Waals surface area contributed by atoms with Gasteiger partial charge in [0.25, 0.3) is 5.91 Å². The van der Waals surface area contributed by atoms with Crippen LogP contribution >= 0.6 is 0 Å². The molecular weight excluding hydrogens is 410 g/mol. The zero-order chi connectivity index (χ0) is 22.5. The minimum Gasteiger partial charge on any atom is -0.505 e. The molecule has 162 valence electrons. The summed E-state index contributed by atoms with van der Waals surface area (Å²) < 4.78 is 31.9. The van der Waals surface area contributed by atoms with Gasteiger partial charge in [0.15, 0.2) is 11.6 Å². The number of carbonyl (C=O) groups excluding carboxylic acids is 1. The Labute approximate surface area is 175 Å². The van der Waals surface area contributed by atoms with Crippen LogP contribution in [0.15, 0.2) is 51.6 Å². The minimum atomic E-state index is -4.28. The number of anilines is 1. The number of amidine groups is 1. The largest absolute Gasteiger partial charge is 0.505 e. The maximum atomic E-state index is 12.2. The number of benzene rings is 1. The molecule has 30 heavy (non-hydrogen) atoms. The number of hydrogen-bond donors (Lipinski definition) is 4. The third-order valence-corrected chi connectivity index (χ3v) is 4.46. The summed E-state index contributed by atoms with van der Waals surface area (Å²) >= 11 is 0. The predicted molar refractivity (Wildman–Crippen MR) is 114 cm³/mol. The first-order valence-corrected chi connectivity index (χ1v) is 10.4. The van der Waals surface area contributed by atoms with E-state index in [9.17, 15) is 18.3 Å². The Hall–Kier alpha value is -3.31. The lowest BCUT2D eigenvalue weighted by Crippen LogP contribution is -2.27. The average molecular weight is 436 g/mol. The fourth-order valence-corrected chi connectivity index (χ4v) is 2.86. The van der Waals surface area contributed by atoms with Gasteiger partial charge in [-0.25, -0.2) is 5.14 Å². The molecule has 5 N–H and O–H groups in total. The molecule has 0 aliphatic carbocycles. The first-order chi connectivity index (χ1) is 14.0. The van der Waals surface area contributed by atoms with Gasteiger partial charge in [0, 0.05) is 14.1 Å². The molecule has 1 amide bonds. The van der Waals surface area contributed by atoms with Crippen LogP contribution in [0.3, 0.4) is 0 Å². The Morgan fingerprint density at radius 1 is 1.37 bits per heavy atom. The van der Waals surface area contributed by atoms with E-state index >= 15 is 0 Å². The van der Waals surface area contributed by atoms with E-state index in [1.807, 2.05) is 13.0 Å². The highest BCUT2D eigenvalue weighted by Crippen LogP contribution is 2.28. The number of amides is 1. The summed E-state index contributed by atoms with van der Waals surface area (Å²) in [5, 5.41) is 21.1. The molecule has 0 unspecified atom stereocenters. The molecule has 0 atom stereocenters. The summed E-state index contributed by atoms with van der Waals surface area (Å²) in [7, 11) is -1.20. The van der Waals surface area contributed by atoms with Gasteiger partial charge in [-0.3, -0.25) is 4.79 Å². The van der Waals surface area contributed by atoms with Crippen LogP contribution in [0, 0.1) is 0 Å². The number of hydrogen-bond acceptors (Lipinski definition) is 6. The van der Waals surface area contributed by atoms with E-state index in [1.165, 1.54) is 23.1 Å². The van der Waals surface area contributed by atoms with Gasteiger partial charge in [0.1, 0.15) is 5.76 Å². The smallest absolute Gasteiger partial charge is 0.319 e. The Morgan fingerprint density at radius 3 is 2.63 bits per heavy atom. The summed E-state index contributed by atoms with van der Waals surface area (Å²) in [5.74, 6) is -0.429. The van der Waals surface area contributed by atoms with Crippen molar-refractivity contribution in [1.82, 2.24) is 10.2 Å². The summed E-state index contributed by atoms with van der Waals surface area (Å²) in [4.78, 5) is 13.5.